The molecule has 0 radical (unpaired) electrons. The predicted octanol–water partition coefficient (Wildman–Crippen LogP) is 3.48. The summed E-state index contributed by atoms with van der Waals surface area (Å²) in [4.78, 5) is 8.14. The number of hydrogen-bond donors (Lipinski definition) is 0. The van der Waals surface area contributed by atoms with E-state index in [2.05, 4.69) is 37.7 Å². The summed E-state index contributed by atoms with van der Waals surface area (Å²) in [5.41, 5.74) is 0.721. The first-order valence-electron chi connectivity index (χ1n) is 5.44. The van der Waals surface area contributed by atoms with Gasteiger partial charge in [-0.25, -0.2) is 0 Å². The minimum absolute atomic E-state index is 0.362. The fourth-order valence-corrected chi connectivity index (χ4v) is 2.12. The van der Waals surface area contributed by atoms with Crippen LogP contribution in [-0.2, 0) is 0 Å². The Hall–Kier alpha value is -1.41. The van der Waals surface area contributed by atoms with Crippen LogP contribution in [0.25, 0.3) is 5.78 Å². The van der Waals surface area contributed by atoms with Gasteiger partial charge in [0.2, 0.25) is 5.88 Å². The third kappa shape index (κ3) is 2.37. The van der Waals surface area contributed by atoms with Gasteiger partial charge in [0.1, 0.15) is 17.2 Å². The summed E-state index contributed by atoms with van der Waals surface area (Å²) in [5.74, 6) is 1.65. The van der Waals surface area contributed by atoms with E-state index in [0.29, 0.717) is 22.6 Å². The van der Waals surface area contributed by atoms with E-state index in [1.807, 2.05) is 31.2 Å². The van der Waals surface area contributed by atoms with Crippen molar-refractivity contribution < 1.29 is 4.74 Å². The first-order valence-corrected chi connectivity index (χ1v) is 6.90. The number of nitrogens with zero attached hydrogens (tertiary/aromatic N) is 4. The molecule has 0 amide bonds. The van der Waals surface area contributed by atoms with Crippen molar-refractivity contribution in [2.24, 2.45) is 0 Å². The van der Waals surface area contributed by atoms with Crippen LogP contribution in [0.1, 0.15) is 5.56 Å². The summed E-state index contributed by atoms with van der Waals surface area (Å²) in [7, 11) is 0. The van der Waals surface area contributed by atoms with Gasteiger partial charge in [0.05, 0.1) is 0 Å². The summed E-state index contributed by atoms with van der Waals surface area (Å²) >= 11 is 8.31. The monoisotopic (exact) mass is 386 g/mol. The van der Waals surface area contributed by atoms with Crippen LogP contribution in [0, 0.1) is 10.5 Å². The van der Waals surface area contributed by atoms with Crippen molar-refractivity contribution in [1.29, 1.82) is 0 Å². The van der Waals surface area contributed by atoms with Crippen LogP contribution in [0.2, 0.25) is 5.15 Å². The van der Waals surface area contributed by atoms with Gasteiger partial charge in [-0.15, -0.1) is 0 Å². The van der Waals surface area contributed by atoms with E-state index in [9.17, 15) is 0 Å². The molecule has 7 heteroatoms. The van der Waals surface area contributed by atoms with E-state index in [0.717, 1.165) is 9.13 Å². The standard InChI is InChI=1S/C12H8ClIN4O/c1-7-10(13)17-12-15-6-16-18(12)11(7)19-9-4-2-8(14)3-5-9/h2-6H,1H3. The van der Waals surface area contributed by atoms with Crippen molar-refractivity contribution in [3.63, 3.8) is 0 Å². The highest BCUT2D eigenvalue weighted by atomic mass is 127. The Kier molecular flexibility index (Phi) is 3.28. The molecule has 0 aliphatic carbocycles. The molecule has 5 nitrogen and oxygen atoms in total. The summed E-state index contributed by atoms with van der Waals surface area (Å²) < 4.78 is 8.52. The second-order valence-corrected chi connectivity index (χ2v) is 5.46. The molecule has 0 fully saturated rings. The van der Waals surface area contributed by atoms with Crippen LogP contribution >= 0.6 is 34.2 Å². The molecule has 1 aromatic carbocycles. The Labute approximate surface area is 127 Å². The van der Waals surface area contributed by atoms with Crippen molar-refractivity contribution in [3.8, 4) is 11.6 Å². The molecular formula is C12H8ClIN4O. The molecule has 0 aliphatic heterocycles. The van der Waals surface area contributed by atoms with E-state index >= 15 is 0 Å². The van der Waals surface area contributed by atoms with E-state index < -0.39 is 0 Å². The van der Waals surface area contributed by atoms with Crippen LogP contribution < -0.4 is 4.74 Å². The zero-order chi connectivity index (χ0) is 13.4. The van der Waals surface area contributed by atoms with Gasteiger partial charge >= 0.3 is 0 Å². The van der Waals surface area contributed by atoms with Gasteiger partial charge in [-0.05, 0) is 53.8 Å². The molecule has 0 atom stereocenters. The lowest BCUT2D eigenvalue weighted by Crippen LogP contribution is -2.01. The van der Waals surface area contributed by atoms with E-state index in [-0.39, 0.29) is 0 Å². The maximum Gasteiger partial charge on any atom is 0.256 e. The molecule has 96 valence electrons. The zero-order valence-electron chi connectivity index (χ0n) is 9.84. The molecule has 3 aromatic rings. The molecule has 2 aromatic heterocycles. The summed E-state index contributed by atoms with van der Waals surface area (Å²) in [6.45, 7) is 1.83. The molecule has 0 unspecified atom stereocenters. The number of halogens is 2. The van der Waals surface area contributed by atoms with Crippen molar-refractivity contribution in [1.82, 2.24) is 19.6 Å². The van der Waals surface area contributed by atoms with Gasteiger partial charge in [0, 0.05) is 9.13 Å². The fourth-order valence-electron chi connectivity index (χ4n) is 1.61. The minimum Gasteiger partial charge on any atom is -0.438 e. The second-order valence-electron chi connectivity index (χ2n) is 3.86. The van der Waals surface area contributed by atoms with Crippen LogP contribution in [0.3, 0.4) is 0 Å². The number of fused-ring (bicyclic) bond motifs is 1. The SMILES string of the molecule is Cc1c(Cl)nc2ncnn2c1Oc1ccc(I)cc1. The minimum atomic E-state index is 0.362. The third-order valence-corrected chi connectivity index (χ3v) is 3.67. The van der Waals surface area contributed by atoms with E-state index in [4.69, 9.17) is 16.3 Å². The molecule has 3 rings (SSSR count). The number of ether oxygens (including phenoxy) is 1. The summed E-state index contributed by atoms with van der Waals surface area (Å²) in [6.07, 6.45) is 1.42. The highest BCUT2D eigenvalue weighted by Gasteiger charge is 2.14. The van der Waals surface area contributed by atoms with Gasteiger partial charge in [-0.2, -0.15) is 19.6 Å². The van der Waals surface area contributed by atoms with Gasteiger partial charge in [0.15, 0.2) is 0 Å². The Bertz CT molecular complexity index is 741. The zero-order valence-corrected chi connectivity index (χ0v) is 12.8. The molecule has 0 aliphatic rings. The Morgan fingerprint density at radius 2 is 2.00 bits per heavy atom. The van der Waals surface area contributed by atoms with Crippen LogP contribution in [-0.4, -0.2) is 19.6 Å². The van der Waals surface area contributed by atoms with E-state index in [1.54, 1.807) is 0 Å². The molecule has 2 heterocycles. The fraction of sp³-hybridized carbons (Fsp3) is 0.0833. The Morgan fingerprint density at radius 1 is 1.26 bits per heavy atom. The van der Waals surface area contributed by atoms with Crippen molar-refractivity contribution in [2.75, 3.05) is 0 Å². The first kappa shape index (κ1) is 12.6. The maximum absolute atomic E-state index is 6.07. The molecular weight excluding hydrogens is 379 g/mol. The molecule has 0 spiro atoms. The van der Waals surface area contributed by atoms with Crippen molar-refractivity contribution >= 4 is 40.0 Å². The highest BCUT2D eigenvalue weighted by Crippen LogP contribution is 2.28. The van der Waals surface area contributed by atoms with Crippen molar-refractivity contribution in [2.45, 2.75) is 6.92 Å². The lowest BCUT2D eigenvalue weighted by Gasteiger charge is -2.10. The Morgan fingerprint density at radius 3 is 2.74 bits per heavy atom. The van der Waals surface area contributed by atoms with E-state index in [1.165, 1.54) is 10.8 Å². The lowest BCUT2D eigenvalue weighted by atomic mass is 10.3. The van der Waals surface area contributed by atoms with Crippen LogP contribution in [0.15, 0.2) is 30.6 Å². The molecule has 19 heavy (non-hydrogen) atoms. The predicted molar refractivity (Wildman–Crippen MR) is 79.8 cm³/mol. The van der Waals surface area contributed by atoms with Crippen LogP contribution in [0.4, 0.5) is 0 Å². The quantitative estimate of drug-likeness (QED) is 0.500. The highest BCUT2D eigenvalue weighted by molar-refractivity contribution is 14.1. The molecule has 0 saturated carbocycles. The average Bonchev–Trinajstić information content (AvgIpc) is 2.85. The smallest absolute Gasteiger partial charge is 0.256 e. The normalized spacial score (nSPS) is 10.9. The second kappa shape index (κ2) is 4.93. The first-order chi connectivity index (χ1) is 9.15. The molecule has 0 saturated heterocycles. The molecule has 0 N–H and O–H groups in total. The number of aromatic nitrogens is 4. The van der Waals surface area contributed by atoms with Gasteiger partial charge < -0.3 is 4.74 Å². The third-order valence-electron chi connectivity index (χ3n) is 2.58. The van der Waals surface area contributed by atoms with Crippen molar-refractivity contribution in [3.05, 3.63) is 44.9 Å². The number of benzene rings is 1. The van der Waals surface area contributed by atoms with Crippen LogP contribution in [0.5, 0.6) is 11.6 Å². The topological polar surface area (TPSA) is 52.3 Å². The maximum atomic E-state index is 6.07. The Balaban J connectivity index is 2.11. The summed E-state index contributed by atoms with van der Waals surface area (Å²) in [5, 5.41) is 4.45. The average molecular weight is 387 g/mol. The largest absolute Gasteiger partial charge is 0.438 e. The number of hydrogen-bond acceptors (Lipinski definition) is 4. The number of rotatable bonds is 2. The van der Waals surface area contributed by atoms with Gasteiger partial charge in [0.25, 0.3) is 5.78 Å². The molecule has 0 bridgehead atoms. The van der Waals surface area contributed by atoms with Gasteiger partial charge in [-0.3, -0.25) is 0 Å². The lowest BCUT2D eigenvalue weighted by molar-refractivity contribution is 0.441. The summed E-state index contributed by atoms with van der Waals surface area (Å²) in [6, 6.07) is 7.70. The van der Waals surface area contributed by atoms with Gasteiger partial charge in [-0.1, -0.05) is 11.6 Å².